The van der Waals surface area contributed by atoms with Gasteiger partial charge in [0, 0.05) is 36.4 Å². The van der Waals surface area contributed by atoms with Crippen molar-refractivity contribution in [3.05, 3.63) is 71.1 Å². The Balaban J connectivity index is 1.79. The minimum atomic E-state index is 0.579. The highest BCUT2D eigenvalue weighted by Gasteiger charge is 2.08. The van der Waals surface area contributed by atoms with Gasteiger partial charge in [0.05, 0.1) is 5.52 Å². The summed E-state index contributed by atoms with van der Waals surface area (Å²) in [7, 11) is 2.08. The number of nitrogens with zero attached hydrogens (tertiary/aromatic N) is 3. The molecule has 0 saturated carbocycles. The van der Waals surface area contributed by atoms with E-state index in [-0.39, 0.29) is 0 Å². The highest BCUT2D eigenvalue weighted by atomic mass is 35.5. The number of hydrogen-bond acceptors (Lipinski definition) is 3. The standard InChI is InChI=1S/C17H16ClN3/c1-21(11-13-6-8-19-9-7-13)12-15-10-14-4-2-3-5-16(14)20-17(15)18/h2-10H,11-12H2,1H3. The molecule has 0 fully saturated rings. The van der Waals surface area contributed by atoms with Crippen LogP contribution < -0.4 is 0 Å². The maximum absolute atomic E-state index is 6.30. The number of rotatable bonds is 4. The van der Waals surface area contributed by atoms with E-state index >= 15 is 0 Å². The van der Waals surface area contributed by atoms with Gasteiger partial charge in [-0.05, 0) is 36.9 Å². The molecule has 3 rings (SSSR count). The number of halogens is 1. The molecule has 106 valence electrons. The van der Waals surface area contributed by atoms with Crippen LogP contribution in [0.25, 0.3) is 10.9 Å². The van der Waals surface area contributed by atoms with Crippen LogP contribution in [0.5, 0.6) is 0 Å². The van der Waals surface area contributed by atoms with E-state index < -0.39 is 0 Å². The van der Waals surface area contributed by atoms with Gasteiger partial charge in [-0.3, -0.25) is 9.88 Å². The van der Waals surface area contributed by atoms with Gasteiger partial charge < -0.3 is 0 Å². The second kappa shape index (κ2) is 6.20. The molecule has 2 aromatic heterocycles. The Hall–Kier alpha value is -1.97. The van der Waals surface area contributed by atoms with Gasteiger partial charge in [0.25, 0.3) is 0 Å². The van der Waals surface area contributed by atoms with Gasteiger partial charge in [-0.25, -0.2) is 4.98 Å². The number of hydrogen-bond donors (Lipinski definition) is 0. The van der Waals surface area contributed by atoms with E-state index in [0.717, 1.165) is 29.6 Å². The molecule has 21 heavy (non-hydrogen) atoms. The Morgan fingerprint density at radius 2 is 1.81 bits per heavy atom. The third-order valence-corrected chi connectivity index (χ3v) is 3.72. The molecule has 3 aromatic rings. The van der Waals surface area contributed by atoms with Gasteiger partial charge in [0.15, 0.2) is 0 Å². The highest BCUT2D eigenvalue weighted by molar-refractivity contribution is 6.30. The second-order valence-electron chi connectivity index (χ2n) is 5.16. The lowest BCUT2D eigenvalue weighted by atomic mass is 10.1. The summed E-state index contributed by atoms with van der Waals surface area (Å²) in [5.41, 5.74) is 3.22. The maximum Gasteiger partial charge on any atom is 0.134 e. The van der Waals surface area contributed by atoms with Crippen LogP contribution in [0.1, 0.15) is 11.1 Å². The van der Waals surface area contributed by atoms with Crippen LogP contribution in [0.15, 0.2) is 54.9 Å². The summed E-state index contributed by atoms with van der Waals surface area (Å²) in [6.07, 6.45) is 3.63. The van der Waals surface area contributed by atoms with Gasteiger partial charge in [-0.2, -0.15) is 0 Å². The van der Waals surface area contributed by atoms with E-state index in [9.17, 15) is 0 Å². The van der Waals surface area contributed by atoms with Crippen molar-refractivity contribution in [3.8, 4) is 0 Å². The number of benzene rings is 1. The molecular formula is C17H16ClN3. The average molecular weight is 298 g/mol. The lowest BCUT2D eigenvalue weighted by molar-refractivity contribution is 0.319. The minimum Gasteiger partial charge on any atom is -0.298 e. The zero-order valence-electron chi connectivity index (χ0n) is 11.8. The normalized spacial score (nSPS) is 11.2. The van der Waals surface area contributed by atoms with Crippen molar-refractivity contribution in [2.24, 2.45) is 0 Å². The summed E-state index contributed by atoms with van der Waals surface area (Å²) in [5.74, 6) is 0. The summed E-state index contributed by atoms with van der Waals surface area (Å²) in [5, 5.41) is 1.70. The van der Waals surface area contributed by atoms with Crippen molar-refractivity contribution in [2.45, 2.75) is 13.1 Å². The van der Waals surface area contributed by atoms with Crippen LogP contribution in [-0.2, 0) is 13.1 Å². The molecule has 4 heteroatoms. The van der Waals surface area contributed by atoms with E-state index in [1.54, 1.807) is 0 Å². The smallest absolute Gasteiger partial charge is 0.134 e. The average Bonchev–Trinajstić information content (AvgIpc) is 2.49. The molecule has 1 aromatic carbocycles. The fourth-order valence-corrected chi connectivity index (χ4v) is 2.60. The van der Waals surface area contributed by atoms with Crippen molar-refractivity contribution in [3.63, 3.8) is 0 Å². The maximum atomic E-state index is 6.30. The van der Waals surface area contributed by atoms with Gasteiger partial charge in [0.2, 0.25) is 0 Å². The number of pyridine rings is 2. The summed E-state index contributed by atoms with van der Waals surface area (Å²) in [4.78, 5) is 10.7. The molecular weight excluding hydrogens is 282 g/mol. The summed E-state index contributed by atoms with van der Waals surface area (Å²) in [6, 6.07) is 14.2. The fourth-order valence-electron chi connectivity index (χ4n) is 2.39. The molecule has 3 nitrogen and oxygen atoms in total. The van der Waals surface area contributed by atoms with Crippen LogP contribution in [0.3, 0.4) is 0 Å². The summed E-state index contributed by atoms with van der Waals surface area (Å²) in [6.45, 7) is 1.62. The van der Waals surface area contributed by atoms with Crippen LogP contribution in [0.4, 0.5) is 0 Å². The quantitative estimate of drug-likeness (QED) is 0.684. The van der Waals surface area contributed by atoms with Crippen LogP contribution in [-0.4, -0.2) is 21.9 Å². The molecule has 2 heterocycles. The number of aromatic nitrogens is 2. The molecule has 0 amide bonds. The SMILES string of the molecule is CN(Cc1ccncc1)Cc1cc2ccccc2nc1Cl. The molecule has 0 aliphatic carbocycles. The molecule has 0 N–H and O–H groups in total. The molecule has 0 saturated heterocycles. The first-order valence-electron chi connectivity index (χ1n) is 6.84. The molecule has 0 aliphatic rings. The Morgan fingerprint density at radius 3 is 2.62 bits per heavy atom. The Bertz CT molecular complexity index is 743. The minimum absolute atomic E-state index is 0.579. The largest absolute Gasteiger partial charge is 0.298 e. The Kier molecular flexibility index (Phi) is 4.13. The van der Waals surface area contributed by atoms with Crippen molar-refractivity contribution in [2.75, 3.05) is 7.05 Å². The molecule has 0 bridgehead atoms. The van der Waals surface area contributed by atoms with Crippen molar-refractivity contribution >= 4 is 22.5 Å². The topological polar surface area (TPSA) is 29.0 Å². The van der Waals surface area contributed by atoms with E-state index in [1.807, 2.05) is 42.7 Å². The Morgan fingerprint density at radius 1 is 1.05 bits per heavy atom. The third kappa shape index (κ3) is 3.38. The first kappa shape index (κ1) is 14.0. The van der Waals surface area contributed by atoms with Gasteiger partial charge >= 0.3 is 0 Å². The summed E-state index contributed by atoms with van der Waals surface area (Å²) < 4.78 is 0. The molecule has 0 spiro atoms. The molecule has 0 aliphatic heterocycles. The Labute approximate surface area is 129 Å². The molecule has 0 radical (unpaired) electrons. The monoisotopic (exact) mass is 297 g/mol. The van der Waals surface area contributed by atoms with Gasteiger partial charge in [-0.15, -0.1) is 0 Å². The van der Waals surface area contributed by atoms with Crippen molar-refractivity contribution in [1.82, 2.24) is 14.9 Å². The molecule has 0 unspecified atom stereocenters. The fraction of sp³-hybridized carbons (Fsp3) is 0.176. The van der Waals surface area contributed by atoms with Crippen LogP contribution in [0, 0.1) is 0 Å². The predicted octanol–water partition coefficient (Wildman–Crippen LogP) is 3.92. The lowest BCUT2D eigenvalue weighted by Gasteiger charge is -2.17. The number of fused-ring (bicyclic) bond motifs is 1. The predicted molar refractivity (Wildman–Crippen MR) is 86.2 cm³/mol. The van der Waals surface area contributed by atoms with Crippen molar-refractivity contribution < 1.29 is 0 Å². The van der Waals surface area contributed by atoms with E-state index in [2.05, 4.69) is 34.0 Å². The molecule has 0 atom stereocenters. The highest BCUT2D eigenvalue weighted by Crippen LogP contribution is 2.21. The summed E-state index contributed by atoms with van der Waals surface area (Å²) >= 11 is 6.30. The zero-order chi connectivity index (χ0) is 14.7. The zero-order valence-corrected chi connectivity index (χ0v) is 12.6. The number of para-hydroxylation sites is 1. The van der Waals surface area contributed by atoms with E-state index in [0.29, 0.717) is 5.15 Å². The van der Waals surface area contributed by atoms with Crippen molar-refractivity contribution in [1.29, 1.82) is 0 Å². The van der Waals surface area contributed by atoms with E-state index in [4.69, 9.17) is 11.6 Å². The van der Waals surface area contributed by atoms with Gasteiger partial charge in [-0.1, -0.05) is 29.8 Å². The first-order valence-corrected chi connectivity index (χ1v) is 7.22. The lowest BCUT2D eigenvalue weighted by Crippen LogP contribution is -2.17. The van der Waals surface area contributed by atoms with Crippen LogP contribution >= 0.6 is 11.6 Å². The van der Waals surface area contributed by atoms with Gasteiger partial charge in [0.1, 0.15) is 5.15 Å². The first-order chi connectivity index (χ1) is 10.2. The third-order valence-electron chi connectivity index (χ3n) is 3.39. The van der Waals surface area contributed by atoms with Crippen LogP contribution in [0.2, 0.25) is 5.15 Å². The second-order valence-corrected chi connectivity index (χ2v) is 5.52. The van der Waals surface area contributed by atoms with E-state index in [1.165, 1.54) is 5.56 Å².